The second-order valence-corrected chi connectivity index (χ2v) is 7.60. The zero-order valence-electron chi connectivity index (χ0n) is 13.9. The predicted molar refractivity (Wildman–Crippen MR) is 103 cm³/mol. The van der Waals surface area contributed by atoms with Gasteiger partial charge in [0, 0.05) is 31.2 Å². The number of amides is 1. The first-order valence-corrected chi connectivity index (χ1v) is 9.59. The van der Waals surface area contributed by atoms with E-state index in [0.717, 1.165) is 18.0 Å². The summed E-state index contributed by atoms with van der Waals surface area (Å²) < 4.78 is 0. The maximum Gasteiger partial charge on any atom is 0.264 e. The van der Waals surface area contributed by atoms with Gasteiger partial charge in [-0.05, 0) is 29.6 Å². The number of hydrogen-bond donors (Lipinski definition) is 1. The summed E-state index contributed by atoms with van der Waals surface area (Å²) in [6, 6.07) is 8.82. The monoisotopic (exact) mass is 388 g/mol. The first-order valence-electron chi connectivity index (χ1n) is 8.34. The number of halogens is 1. The fourth-order valence-corrected chi connectivity index (χ4v) is 3.97. The van der Waals surface area contributed by atoms with E-state index in [4.69, 9.17) is 11.6 Å². The molecule has 0 aliphatic carbocycles. The Hall–Kier alpha value is -2.22. The van der Waals surface area contributed by atoms with Gasteiger partial charge in [-0.25, -0.2) is 4.98 Å². The van der Waals surface area contributed by atoms with E-state index < -0.39 is 0 Å². The Bertz CT molecular complexity index is 994. The molecule has 3 aromatic rings. The second-order valence-electron chi connectivity index (χ2n) is 6.22. The number of piperazine rings is 1. The number of aromatic nitrogens is 2. The molecule has 134 valence electrons. The van der Waals surface area contributed by atoms with Crippen molar-refractivity contribution in [1.29, 1.82) is 0 Å². The number of carbonyl (C=O) groups is 1. The van der Waals surface area contributed by atoms with Crippen LogP contribution in [-0.4, -0.2) is 51.9 Å². The van der Waals surface area contributed by atoms with Crippen LogP contribution in [0.1, 0.15) is 15.5 Å². The highest BCUT2D eigenvalue weighted by atomic mass is 35.5. The Morgan fingerprint density at radius 3 is 2.77 bits per heavy atom. The number of hydrogen-bond acceptors (Lipinski definition) is 5. The minimum Gasteiger partial charge on any atom is -0.335 e. The molecule has 26 heavy (non-hydrogen) atoms. The third-order valence-corrected chi connectivity index (χ3v) is 5.58. The van der Waals surface area contributed by atoms with Gasteiger partial charge in [-0.15, -0.1) is 11.3 Å². The van der Waals surface area contributed by atoms with E-state index in [-0.39, 0.29) is 11.5 Å². The smallest absolute Gasteiger partial charge is 0.264 e. The number of aromatic amines is 1. The summed E-state index contributed by atoms with van der Waals surface area (Å²) >= 11 is 7.47. The third-order valence-electron chi connectivity index (χ3n) is 4.48. The van der Waals surface area contributed by atoms with Gasteiger partial charge in [-0.2, -0.15) is 0 Å². The van der Waals surface area contributed by atoms with Crippen molar-refractivity contribution in [3.8, 4) is 0 Å². The average Bonchev–Trinajstić information content (AvgIpc) is 3.16. The number of nitrogens with one attached hydrogen (secondary N) is 1. The van der Waals surface area contributed by atoms with Crippen LogP contribution in [0.5, 0.6) is 0 Å². The standard InChI is InChI=1S/C18H17ClN4O2S/c19-12-3-4-13-14(10-12)20-16(21-17(13)24)11-22-5-7-23(8-6-22)18(25)15-2-1-9-26-15/h1-4,9-10H,5-8,11H2,(H,20,21,24). The van der Waals surface area contributed by atoms with Crippen molar-refractivity contribution in [2.24, 2.45) is 0 Å². The molecule has 3 heterocycles. The molecule has 1 amide bonds. The molecular formula is C18H17ClN4O2S. The molecule has 0 spiro atoms. The fraction of sp³-hybridized carbons (Fsp3) is 0.278. The Balaban J connectivity index is 1.44. The summed E-state index contributed by atoms with van der Waals surface area (Å²) in [6.45, 7) is 3.36. The molecule has 0 unspecified atom stereocenters. The first-order chi connectivity index (χ1) is 12.6. The van der Waals surface area contributed by atoms with Crippen LogP contribution < -0.4 is 5.56 Å². The van der Waals surface area contributed by atoms with Crippen LogP contribution in [0, 0.1) is 0 Å². The van der Waals surface area contributed by atoms with E-state index in [2.05, 4.69) is 14.9 Å². The van der Waals surface area contributed by atoms with Crippen LogP contribution in [0.2, 0.25) is 5.02 Å². The highest BCUT2D eigenvalue weighted by Gasteiger charge is 2.23. The van der Waals surface area contributed by atoms with Gasteiger partial charge in [0.15, 0.2) is 0 Å². The molecule has 6 nitrogen and oxygen atoms in total. The minimum atomic E-state index is -0.159. The Morgan fingerprint density at radius 1 is 1.23 bits per heavy atom. The Kier molecular flexibility index (Phi) is 4.76. The quantitative estimate of drug-likeness (QED) is 0.748. The average molecular weight is 389 g/mol. The van der Waals surface area contributed by atoms with E-state index in [1.54, 1.807) is 18.2 Å². The zero-order valence-corrected chi connectivity index (χ0v) is 15.5. The van der Waals surface area contributed by atoms with Gasteiger partial charge in [-0.3, -0.25) is 14.5 Å². The lowest BCUT2D eigenvalue weighted by Gasteiger charge is -2.34. The molecule has 1 N–H and O–H groups in total. The second kappa shape index (κ2) is 7.19. The molecule has 1 saturated heterocycles. The predicted octanol–water partition coefficient (Wildman–Crippen LogP) is 2.60. The number of rotatable bonds is 3. The van der Waals surface area contributed by atoms with E-state index in [9.17, 15) is 9.59 Å². The van der Waals surface area contributed by atoms with Gasteiger partial charge < -0.3 is 9.88 Å². The van der Waals surface area contributed by atoms with Crippen molar-refractivity contribution in [2.45, 2.75) is 6.54 Å². The topological polar surface area (TPSA) is 69.3 Å². The molecule has 1 aliphatic heterocycles. The normalized spacial score (nSPS) is 15.5. The lowest BCUT2D eigenvalue weighted by molar-refractivity contribution is 0.0630. The van der Waals surface area contributed by atoms with Gasteiger partial charge in [0.2, 0.25) is 0 Å². The van der Waals surface area contributed by atoms with Crippen molar-refractivity contribution in [1.82, 2.24) is 19.8 Å². The summed E-state index contributed by atoms with van der Waals surface area (Å²) in [5.74, 6) is 0.703. The SMILES string of the molecule is O=C(c1cccs1)N1CCN(Cc2nc3cc(Cl)ccc3c(=O)[nH]2)CC1. The van der Waals surface area contributed by atoms with Crippen molar-refractivity contribution in [3.63, 3.8) is 0 Å². The summed E-state index contributed by atoms with van der Waals surface area (Å²) in [5, 5.41) is 3.00. The lowest BCUT2D eigenvalue weighted by atomic mass is 10.2. The van der Waals surface area contributed by atoms with E-state index in [1.165, 1.54) is 11.3 Å². The number of thiophene rings is 1. The number of fused-ring (bicyclic) bond motifs is 1. The van der Waals surface area contributed by atoms with Gasteiger partial charge in [0.1, 0.15) is 5.82 Å². The molecule has 0 bridgehead atoms. The summed E-state index contributed by atoms with van der Waals surface area (Å²) in [5.41, 5.74) is 0.441. The molecule has 8 heteroatoms. The van der Waals surface area contributed by atoms with Crippen LogP contribution >= 0.6 is 22.9 Å². The third kappa shape index (κ3) is 3.51. The molecule has 4 rings (SSSR count). The lowest BCUT2D eigenvalue weighted by Crippen LogP contribution is -2.48. The molecular weight excluding hydrogens is 372 g/mol. The minimum absolute atomic E-state index is 0.0894. The van der Waals surface area contributed by atoms with Gasteiger partial charge in [0.05, 0.1) is 22.3 Å². The van der Waals surface area contributed by atoms with Crippen LogP contribution in [0.25, 0.3) is 10.9 Å². The zero-order chi connectivity index (χ0) is 18.1. The van der Waals surface area contributed by atoms with Gasteiger partial charge >= 0.3 is 0 Å². The molecule has 0 radical (unpaired) electrons. The largest absolute Gasteiger partial charge is 0.335 e. The fourth-order valence-electron chi connectivity index (χ4n) is 3.11. The van der Waals surface area contributed by atoms with Crippen LogP contribution in [0.3, 0.4) is 0 Å². The summed E-state index contributed by atoms with van der Waals surface area (Å²) in [4.78, 5) is 36.8. The summed E-state index contributed by atoms with van der Waals surface area (Å²) in [7, 11) is 0. The molecule has 2 aromatic heterocycles. The summed E-state index contributed by atoms with van der Waals surface area (Å²) in [6.07, 6.45) is 0. The van der Waals surface area contributed by atoms with Crippen LogP contribution in [0.4, 0.5) is 0 Å². The number of benzene rings is 1. The Labute approximate surface area is 159 Å². The van der Waals surface area contributed by atoms with Crippen LogP contribution in [-0.2, 0) is 6.54 Å². The first kappa shape index (κ1) is 17.2. The molecule has 1 fully saturated rings. The maximum absolute atomic E-state index is 12.4. The highest BCUT2D eigenvalue weighted by Crippen LogP contribution is 2.16. The van der Waals surface area contributed by atoms with E-state index in [0.29, 0.717) is 41.4 Å². The number of carbonyl (C=O) groups excluding carboxylic acids is 1. The molecule has 1 aromatic carbocycles. The number of nitrogens with zero attached hydrogens (tertiary/aromatic N) is 3. The van der Waals surface area contributed by atoms with E-state index in [1.807, 2.05) is 22.4 Å². The molecule has 0 atom stereocenters. The highest BCUT2D eigenvalue weighted by molar-refractivity contribution is 7.12. The van der Waals surface area contributed by atoms with E-state index >= 15 is 0 Å². The molecule has 0 saturated carbocycles. The molecule has 1 aliphatic rings. The maximum atomic E-state index is 12.4. The van der Waals surface area contributed by atoms with Crippen molar-refractivity contribution in [3.05, 3.63) is 61.8 Å². The number of H-pyrrole nitrogens is 1. The van der Waals surface area contributed by atoms with Gasteiger partial charge in [-0.1, -0.05) is 17.7 Å². The van der Waals surface area contributed by atoms with Gasteiger partial charge in [0.25, 0.3) is 11.5 Å². The van der Waals surface area contributed by atoms with Crippen molar-refractivity contribution < 1.29 is 4.79 Å². The van der Waals surface area contributed by atoms with Crippen molar-refractivity contribution in [2.75, 3.05) is 26.2 Å². The van der Waals surface area contributed by atoms with Crippen molar-refractivity contribution >= 4 is 39.7 Å². The van der Waals surface area contributed by atoms with Crippen LogP contribution in [0.15, 0.2) is 40.5 Å². The Morgan fingerprint density at radius 2 is 2.04 bits per heavy atom.